The van der Waals surface area contributed by atoms with E-state index in [-0.39, 0.29) is 5.91 Å². The summed E-state index contributed by atoms with van der Waals surface area (Å²) in [5.41, 5.74) is 6.01. The molecule has 1 rings (SSSR count). The summed E-state index contributed by atoms with van der Waals surface area (Å²) in [5.74, 6) is -0.0961. The van der Waals surface area contributed by atoms with Crippen LogP contribution >= 0.6 is 47.8 Å². The van der Waals surface area contributed by atoms with Crippen LogP contribution in [0.3, 0.4) is 0 Å². The van der Waals surface area contributed by atoms with Gasteiger partial charge >= 0.3 is 0 Å². The van der Waals surface area contributed by atoms with Crippen LogP contribution in [0.4, 0.5) is 5.69 Å². The van der Waals surface area contributed by atoms with Crippen LogP contribution in [0.2, 0.25) is 0 Å². The highest BCUT2D eigenvalue weighted by atomic mass is 79.9. The van der Waals surface area contributed by atoms with E-state index < -0.39 is 0 Å². The van der Waals surface area contributed by atoms with E-state index in [0.29, 0.717) is 13.0 Å². The van der Waals surface area contributed by atoms with Crippen molar-refractivity contribution in [1.29, 1.82) is 0 Å². The average Bonchev–Trinajstić information content (AvgIpc) is 2.11. The number of hydrogen-bond acceptors (Lipinski definition) is 2. The largest absolute Gasteiger partial charge is 0.330 e. The van der Waals surface area contributed by atoms with Gasteiger partial charge in [0.1, 0.15) is 0 Å². The van der Waals surface area contributed by atoms with Gasteiger partial charge in [0.15, 0.2) is 0 Å². The molecule has 1 amide bonds. The maximum atomic E-state index is 11.4. The molecule has 3 nitrogen and oxygen atoms in total. The lowest BCUT2D eigenvalue weighted by Crippen LogP contribution is -2.16. The Morgan fingerprint density at radius 2 is 1.80 bits per heavy atom. The summed E-state index contributed by atoms with van der Waals surface area (Å²) in [7, 11) is 0. The van der Waals surface area contributed by atoms with Gasteiger partial charge in [-0.05, 0) is 44.0 Å². The number of amides is 1. The smallest absolute Gasteiger partial charge is 0.225 e. The topological polar surface area (TPSA) is 55.1 Å². The summed E-state index contributed by atoms with van der Waals surface area (Å²) in [6.07, 6.45) is 0.314. The third-order valence-electron chi connectivity index (χ3n) is 1.64. The van der Waals surface area contributed by atoms with E-state index >= 15 is 0 Å². The molecular formula is C9H9Br3N2O. The molecular weight excluding hydrogens is 392 g/mol. The Morgan fingerprint density at radius 1 is 1.27 bits per heavy atom. The lowest BCUT2D eigenvalue weighted by Gasteiger charge is -2.09. The highest BCUT2D eigenvalue weighted by Crippen LogP contribution is 2.34. The highest BCUT2D eigenvalue weighted by Gasteiger charge is 2.09. The van der Waals surface area contributed by atoms with Crippen LogP contribution in [0, 0.1) is 0 Å². The Kier molecular flexibility index (Phi) is 5.25. The molecule has 0 atom stereocenters. The van der Waals surface area contributed by atoms with Crippen molar-refractivity contribution < 1.29 is 4.79 Å². The number of carbonyl (C=O) groups excluding carboxylic acids is 1. The highest BCUT2D eigenvalue weighted by molar-refractivity contribution is 9.11. The standard InChI is InChI=1S/C9H9Br3N2O/c10-5-3-6(11)9(7(12)4-5)14-8(15)1-2-13/h3-4H,1-2,13H2,(H,14,15). The van der Waals surface area contributed by atoms with Gasteiger partial charge in [0.25, 0.3) is 0 Å². The molecule has 0 spiro atoms. The van der Waals surface area contributed by atoms with Gasteiger partial charge in [0.2, 0.25) is 5.91 Å². The van der Waals surface area contributed by atoms with Crippen molar-refractivity contribution in [3.05, 3.63) is 25.6 Å². The van der Waals surface area contributed by atoms with Crippen LogP contribution in [-0.4, -0.2) is 12.5 Å². The average molecular weight is 401 g/mol. The lowest BCUT2D eigenvalue weighted by molar-refractivity contribution is -0.116. The third kappa shape index (κ3) is 3.86. The Balaban J connectivity index is 2.90. The molecule has 6 heteroatoms. The van der Waals surface area contributed by atoms with Crippen LogP contribution in [-0.2, 0) is 4.79 Å². The predicted molar refractivity (Wildman–Crippen MR) is 71.8 cm³/mol. The fourth-order valence-electron chi connectivity index (χ4n) is 0.995. The molecule has 0 saturated carbocycles. The molecule has 0 aliphatic heterocycles. The Bertz CT molecular complexity index is 359. The van der Waals surface area contributed by atoms with E-state index in [1.165, 1.54) is 0 Å². The van der Waals surface area contributed by atoms with E-state index in [9.17, 15) is 4.79 Å². The minimum absolute atomic E-state index is 0.0961. The molecule has 0 unspecified atom stereocenters. The lowest BCUT2D eigenvalue weighted by atomic mass is 10.3. The van der Waals surface area contributed by atoms with Crippen LogP contribution in [0.5, 0.6) is 0 Å². The van der Waals surface area contributed by atoms with Gasteiger partial charge in [0, 0.05) is 26.4 Å². The van der Waals surface area contributed by atoms with Gasteiger partial charge in [-0.3, -0.25) is 4.79 Å². The number of nitrogens with one attached hydrogen (secondary N) is 1. The van der Waals surface area contributed by atoms with Crippen molar-refractivity contribution in [3.63, 3.8) is 0 Å². The molecule has 3 N–H and O–H groups in total. The summed E-state index contributed by atoms with van der Waals surface area (Å²) in [6, 6.07) is 3.73. The number of rotatable bonds is 3. The molecule has 0 fully saturated rings. The summed E-state index contributed by atoms with van der Waals surface area (Å²) in [5, 5.41) is 2.77. The van der Waals surface area contributed by atoms with Gasteiger partial charge < -0.3 is 11.1 Å². The quantitative estimate of drug-likeness (QED) is 0.818. The second-order valence-electron chi connectivity index (χ2n) is 2.83. The van der Waals surface area contributed by atoms with Crippen LogP contribution < -0.4 is 11.1 Å². The molecule has 0 heterocycles. The molecule has 1 aromatic carbocycles. The van der Waals surface area contributed by atoms with Gasteiger partial charge in [-0.2, -0.15) is 0 Å². The number of nitrogens with two attached hydrogens (primary N) is 1. The molecule has 0 radical (unpaired) electrons. The molecule has 0 bridgehead atoms. The van der Waals surface area contributed by atoms with Crippen molar-refractivity contribution in [2.24, 2.45) is 5.73 Å². The molecule has 15 heavy (non-hydrogen) atoms. The van der Waals surface area contributed by atoms with Crippen LogP contribution in [0.1, 0.15) is 6.42 Å². The fourth-order valence-corrected chi connectivity index (χ4v) is 3.45. The van der Waals surface area contributed by atoms with Crippen LogP contribution in [0.25, 0.3) is 0 Å². The number of halogens is 3. The molecule has 0 aromatic heterocycles. The van der Waals surface area contributed by atoms with Crippen LogP contribution in [0.15, 0.2) is 25.6 Å². The van der Waals surface area contributed by atoms with Gasteiger partial charge in [-0.15, -0.1) is 0 Å². The number of benzene rings is 1. The molecule has 1 aromatic rings. The zero-order chi connectivity index (χ0) is 11.4. The maximum absolute atomic E-state index is 11.4. The van der Waals surface area contributed by atoms with E-state index in [1.54, 1.807) is 0 Å². The number of carbonyl (C=O) groups is 1. The van der Waals surface area contributed by atoms with Crippen molar-refractivity contribution in [3.8, 4) is 0 Å². The van der Waals surface area contributed by atoms with Gasteiger partial charge in [0.05, 0.1) is 5.69 Å². The first-order valence-electron chi connectivity index (χ1n) is 4.19. The van der Waals surface area contributed by atoms with Crippen molar-refractivity contribution in [2.45, 2.75) is 6.42 Å². The zero-order valence-electron chi connectivity index (χ0n) is 7.69. The fraction of sp³-hybridized carbons (Fsp3) is 0.222. The predicted octanol–water partition coefficient (Wildman–Crippen LogP) is 3.26. The Hall–Kier alpha value is 0.0900. The summed E-state index contributed by atoms with van der Waals surface area (Å²) < 4.78 is 2.56. The Labute approximate surface area is 113 Å². The van der Waals surface area contributed by atoms with Crippen molar-refractivity contribution in [1.82, 2.24) is 0 Å². The zero-order valence-corrected chi connectivity index (χ0v) is 12.4. The first kappa shape index (κ1) is 13.2. The third-order valence-corrected chi connectivity index (χ3v) is 3.35. The number of anilines is 1. The Morgan fingerprint density at radius 3 is 2.27 bits per heavy atom. The second kappa shape index (κ2) is 5.98. The van der Waals surface area contributed by atoms with E-state index in [1.807, 2.05) is 12.1 Å². The summed E-state index contributed by atoms with van der Waals surface area (Å²) in [4.78, 5) is 11.4. The molecule has 0 aliphatic carbocycles. The molecule has 0 aliphatic rings. The second-order valence-corrected chi connectivity index (χ2v) is 5.46. The minimum atomic E-state index is -0.0961. The SMILES string of the molecule is NCCC(=O)Nc1c(Br)cc(Br)cc1Br. The maximum Gasteiger partial charge on any atom is 0.225 e. The number of hydrogen-bond donors (Lipinski definition) is 2. The summed E-state index contributed by atoms with van der Waals surface area (Å²) in [6.45, 7) is 0.345. The van der Waals surface area contributed by atoms with E-state index in [2.05, 4.69) is 53.1 Å². The van der Waals surface area contributed by atoms with E-state index in [0.717, 1.165) is 19.1 Å². The van der Waals surface area contributed by atoms with Crippen molar-refractivity contribution >= 4 is 59.4 Å². The van der Waals surface area contributed by atoms with Crippen molar-refractivity contribution in [2.75, 3.05) is 11.9 Å². The van der Waals surface area contributed by atoms with Gasteiger partial charge in [-0.1, -0.05) is 15.9 Å². The van der Waals surface area contributed by atoms with Gasteiger partial charge in [-0.25, -0.2) is 0 Å². The first-order valence-corrected chi connectivity index (χ1v) is 6.57. The monoisotopic (exact) mass is 398 g/mol. The molecule has 0 saturated heterocycles. The molecule has 82 valence electrons. The normalized spacial score (nSPS) is 10.1. The minimum Gasteiger partial charge on any atom is -0.330 e. The summed E-state index contributed by atoms with van der Waals surface area (Å²) >= 11 is 10.1. The first-order chi connectivity index (χ1) is 7.04. The van der Waals surface area contributed by atoms with E-state index in [4.69, 9.17) is 5.73 Å².